The van der Waals surface area contributed by atoms with E-state index in [1.54, 1.807) is 12.7 Å². The molecule has 1 atom stereocenters. The van der Waals surface area contributed by atoms with Gasteiger partial charge in [0.25, 0.3) is 0 Å². The predicted molar refractivity (Wildman–Crippen MR) is 73.5 cm³/mol. The molecule has 1 N–H and O–H groups in total. The van der Waals surface area contributed by atoms with Crippen molar-refractivity contribution >= 4 is 5.69 Å². The highest BCUT2D eigenvalue weighted by Crippen LogP contribution is 2.15. The van der Waals surface area contributed by atoms with E-state index in [2.05, 4.69) is 60.4 Å². The molecular formula is C14H20N4. The highest BCUT2D eigenvalue weighted by Gasteiger charge is 2.06. The molecule has 0 aliphatic carbocycles. The van der Waals surface area contributed by atoms with E-state index in [1.807, 2.05) is 4.68 Å². The third-order valence-corrected chi connectivity index (χ3v) is 3.13. The van der Waals surface area contributed by atoms with Gasteiger partial charge in [-0.1, -0.05) is 26.0 Å². The van der Waals surface area contributed by atoms with Gasteiger partial charge in [0.2, 0.25) is 0 Å². The Labute approximate surface area is 108 Å². The number of nitrogens with zero attached hydrogens (tertiary/aromatic N) is 3. The molecule has 2 aromatic rings. The van der Waals surface area contributed by atoms with Crippen molar-refractivity contribution in [1.29, 1.82) is 0 Å². The molecule has 0 fully saturated rings. The topological polar surface area (TPSA) is 42.7 Å². The van der Waals surface area contributed by atoms with Crippen molar-refractivity contribution in [3.63, 3.8) is 0 Å². The van der Waals surface area contributed by atoms with Gasteiger partial charge in [0.05, 0.1) is 6.54 Å². The van der Waals surface area contributed by atoms with E-state index in [-0.39, 0.29) is 0 Å². The van der Waals surface area contributed by atoms with Gasteiger partial charge in [0, 0.05) is 11.7 Å². The summed E-state index contributed by atoms with van der Waals surface area (Å²) in [4.78, 5) is 3.95. The van der Waals surface area contributed by atoms with Crippen LogP contribution in [0, 0.1) is 5.92 Å². The van der Waals surface area contributed by atoms with Gasteiger partial charge >= 0.3 is 0 Å². The maximum absolute atomic E-state index is 4.12. The first-order valence-corrected chi connectivity index (χ1v) is 6.33. The Bertz CT molecular complexity index is 476. The summed E-state index contributed by atoms with van der Waals surface area (Å²) >= 11 is 0. The normalized spacial score (nSPS) is 12.7. The number of hydrogen-bond donors (Lipinski definition) is 1. The van der Waals surface area contributed by atoms with Crippen molar-refractivity contribution < 1.29 is 0 Å². The zero-order valence-corrected chi connectivity index (χ0v) is 11.2. The van der Waals surface area contributed by atoms with Crippen LogP contribution in [0.15, 0.2) is 36.9 Å². The summed E-state index contributed by atoms with van der Waals surface area (Å²) in [5, 5.41) is 7.63. The molecule has 18 heavy (non-hydrogen) atoms. The van der Waals surface area contributed by atoms with Gasteiger partial charge in [-0.3, -0.25) is 0 Å². The molecule has 96 valence electrons. The van der Waals surface area contributed by atoms with Gasteiger partial charge in [-0.25, -0.2) is 9.67 Å². The lowest BCUT2D eigenvalue weighted by Crippen LogP contribution is -2.21. The summed E-state index contributed by atoms with van der Waals surface area (Å²) in [7, 11) is 0. The largest absolute Gasteiger partial charge is 0.382 e. The molecule has 0 bridgehead atoms. The number of aromatic nitrogens is 3. The molecular weight excluding hydrogens is 224 g/mol. The van der Waals surface area contributed by atoms with Crippen LogP contribution in [0.3, 0.4) is 0 Å². The standard InChI is InChI=1S/C14H20N4/c1-11(2)12(3)17-14-6-4-5-13(7-14)8-18-10-15-9-16-18/h4-7,9-12,17H,8H2,1-3H3. The summed E-state index contributed by atoms with van der Waals surface area (Å²) in [6.45, 7) is 7.40. The van der Waals surface area contributed by atoms with E-state index in [0.717, 1.165) is 12.2 Å². The molecule has 0 amide bonds. The number of anilines is 1. The molecule has 0 aliphatic rings. The first-order chi connectivity index (χ1) is 8.65. The minimum Gasteiger partial charge on any atom is -0.382 e. The first-order valence-electron chi connectivity index (χ1n) is 6.33. The Kier molecular flexibility index (Phi) is 3.97. The van der Waals surface area contributed by atoms with Gasteiger partial charge in [-0.2, -0.15) is 5.10 Å². The van der Waals surface area contributed by atoms with Gasteiger partial charge in [0.1, 0.15) is 12.7 Å². The van der Waals surface area contributed by atoms with Crippen molar-refractivity contribution in [3.8, 4) is 0 Å². The Morgan fingerprint density at radius 3 is 2.78 bits per heavy atom. The molecule has 1 unspecified atom stereocenters. The van der Waals surface area contributed by atoms with Crippen LogP contribution in [0.1, 0.15) is 26.3 Å². The SMILES string of the molecule is CC(C)C(C)Nc1cccc(Cn2cncn2)c1. The molecule has 0 aliphatic heterocycles. The van der Waals surface area contributed by atoms with E-state index in [0.29, 0.717) is 12.0 Å². The van der Waals surface area contributed by atoms with Crippen molar-refractivity contribution in [3.05, 3.63) is 42.5 Å². The van der Waals surface area contributed by atoms with Gasteiger partial charge in [-0.05, 0) is 30.5 Å². The molecule has 1 aromatic heterocycles. The van der Waals surface area contributed by atoms with E-state index in [1.165, 1.54) is 5.56 Å². The van der Waals surface area contributed by atoms with Crippen LogP contribution in [0.5, 0.6) is 0 Å². The maximum Gasteiger partial charge on any atom is 0.137 e. The van der Waals surface area contributed by atoms with E-state index < -0.39 is 0 Å². The van der Waals surface area contributed by atoms with Gasteiger partial charge in [0.15, 0.2) is 0 Å². The summed E-state index contributed by atoms with van der Waals surface area (Å²) in [5.74, 6) is 0.615. The van der Waals surface area contributed by atoms with Crippen LogP contribution in [0.2, 0.25) is 0 Å². The maximum atomic E-state index is 4.12. The smallest absolute Gasteiger partial charge is 0.137 e. The lowest BCUT2D eigenvalue weighted by Gasteiger charge is -2.19. The number of benzene rings is 1. The third kappa shape index (κ3) is 3.32. The molecule has 0 spiro atoms. The number of rotatable bonds is 5. The van der Waals surface area contributed by atoms with E-state index in [9.17, 15) is 0 Å². The fraction of sp³-hybridized carbons (Fsp3) is 0.429. The fourth-order valence-corrected chi connectivity index (χ4v) is 1.69. The summed E-state index contributed by atoms with van der Waals surface area (Å²) in [6.07, 6.45) is 3.29. The minimum atomic E-state index is 0.464. The van der Waals surface area contributed by atoms with Crippen LogP contribution in [0.4, 0.5) is 5.69 Å². The van der Waals surface area contributed by atoms with Crippen LogP contribution in [0.25, 0.3) is 0 Å². The fourth-order valence-electron chi connectivity index (χ4n) is 1.69. The molecule has 0 saturated heterocycles. The molecule has 0 radical (unpaired) electrons. The van der Waals surface area contributed by atoms with E-state index >= 15 is 0 Å². The molecule has 4 heteroatoms. The Morgan fingerprint density at radius 1 is 1.28 bits per heavy atom. The van der Waals surface area contributed by atoms with E-state index in [4.69, 9.17) is 0 Å². The van der Waals surface area contributed by atoms with Crippen LogP contribution in [-0.2, 0) is 6.54 Å². The quantitative estimate of drug-likeness (QED) is 0.879. The van der Waals surface area contributed by atoms with Crippen molar-refractivity contribution in [1.82, 2.24) is 14.8 Å². The Balaban J connectivity index is 2.05. The highest BCUT2D eigenvalue weighted by atomic mass is 15.3. The van der Waals surface area contributed by atoms with Crippen LogP contribution >= 0.6 is 0 Å². The lowest BCUT2D eigenvalue weighted by atomic mass is 10.1. The summed E-state index contributed by atoms with van der Waals surface area (Å²) in [6, 6.07) is 8.91. The highest BCUT2D eigenvalue weighted by molar-refractivity contribution is 5.46. The molecule has 1 heterocycles. The molecule has 4 nitrogen and oxygen atoms in total. The average Bonchev–Trinajstić information content (AvgIpc) is 2.82. The average molecular weight is 244 g/mol. The van der Waals surface area contributed by atoms with Crippen LogP contribution < -0.4 is 5.32 Å². The molecule has 2 rings (SSSR count). The minimum absolute atomic E-state index is 0.464. The summed E-state index contributed by atoms with van der Waals surface area (Å²) < 4.78 is 1.82. The third-order valence-electron chi connectivity index (χ3n) is 3.13. The van der Waals surface area contributed by atoms with Gasteiger partial charge in [-0.15, -0.1) is 0 Å². The lowest BCUT2D eigenvalue weighted by molar-refractivity contribution is 0.560. The summed E-state index contributed by atoms with van der Waals surface area (Å²) in [5.41, 5.74) is 2.38. The zero-order valence-electron chi connectivity index (χ0n) is 11.2. The number of hydrogen-bond acceptors (Lipinski definition) is 3. The Hall–Kier alpha value is -1.84. The van der Waals surface area contributed by atoms with Crippen molar-refractivity contribution in [2.75, 3.05) is 5.32 Å². The first kappa shape index (κ1) is 12.6. The second-order valence-corrected chi connectivity index (χ2v) is 4.97. The second kappa shape index (κ2) is 5.67. The second-order valence-electron chi connectivity index (χ2n) is 4.97. The van der Waals surface area contributed by atoms with Crippen LogP contribution in [-0.4, -0.2) is 20.8 Å². The van der Waals surface area contributed by atoms with Gasteiger partial charge < -0.3 is 5.32 Å². The zero-order chi connectivity index (χ0) is 13.0. The monoisotopic (exact) mass is 244 g/mol. The molecule has 1 aromatic carbocycles. The predicted octanol–water partition coefficient (Wildman–Crippen LogP) is 2.78. The molecule has 0 saturated carbocycles. The van der Waals surface area contributed by atoms with Crippen molar-refractivity contribution in [2.45, 2.75) is 33.4 Å². The number of nitrogens with one attached hydrogen (secondary N) is 1. The Morgan fingerprint density at radius 2 is 2.11 bits per heavy atom. The van der Waals surface area contributed by atoms with Crippen molar-refractivity contribution in [2.24, 2.45) is 5.92 Å².